The van der Waals surface area contributed by atoms with E-state index in [1.165, 1.54) is 5.57 Å². The smallest absolute Gasteiger partial charge is 0.0305 e. The zero-order valence-corrected chi connectivity index (χ0v) is 7.43. The monoisotopic (exact) mass is 148 g/mol. The molecule has 0 spiro atoms. The molecule has 0 saturated carbocycles. The van der Waals surface area contributed by atoms with Gasteiger partial charge in [-0.3, -0.25) is 0 Å². The highest BCUT2D eigenvalue weighted by atomic mass is 13.9. The maximum Gasteiger partial charge on any atom is -0.0305 e. The Kier molecular flexibility index (Phi) is 5.18. The average molecular weight is 148 g/mol. The fourth-order valence-electron chi connectivity index (χ4n) is 0.616. The topological polar surface area (TPSA) is 0 Å². The molecule has 0 radical (unpaired) electrons. The summed E-state index contributed by atoms with van der Waals surface area (Å²) in [4.78, 5) is 0. The van der Waals surface area contributed by atoms with Crippen molar-refractivity contribution >= 4 is 0 Å². The van der Waals surface area contributed by atoms with Crippen molar-refractivity contribution in [2.45, 2.75) is 20.3 Å². The van der Waals surface area contributed by atoms with Gasteiger partial charge >= 0.3 is 0 Å². The van der Waals surface area contributed by atoms with E-state index < -0.39 is 0 Å². The highest BCUT2D eigenvalue weighted by Crippen LogP contribution is 2.06. The summed E-state index contributed by atoms with van der Waals surface area (Å²) in [5, 5.41) is 0. The molecule has 0 nitrogen and oxygen atoms in total. The molecule has 0 aliphatic heterocycles. The lowest BCUT2D eigenvalue weighted by molar-refractivity contribution is 1.22. The highest BCUT2D eigenvalue weighted by Gasteiger charge is 1.86. The Morgan fingerprint density at radius 2 is 2.09 bits per heavy atom. The molecule has 0 aliphatic carbocycles. The molecule has 0 heteroatoms. The van der Waals surface area contributed by atoms with Crippen LogP contribution in [0.15, 0.2) is 48.6 Å². The van der Waals surface area contributed by atoms with Crippen LogP contribution in [0.4, 0.5) is 0 Å². The minimum absolute atomic E-state index is 0.991. The van der Waals surface area contributed by atoms with Gasteiger partial charge in [-0.1, -0.05) is 44.4 Å². The summed E-state index contributed by atoms with van der Waals surface area (Å²) in [5.74, 6) is 0. The van der Waals surface area contributed by atoms with E-state index in [4.69, 9.17) is 0 Å². The van der Waals surface area contributed by atoms with Crippen molar-refractivity contribution < 1.29 is 0 Å². The molecule has 0 amide bonds. The minimum atomic E-state index is 0.991. The van der Waals surface area contributed by atoms with Crippen LogP contribution in [0.1, 0.15) is 20.3 Å². The number of allylic oxidation sites excluding steroid dienone is 6. The van der Waals surface area contributed by atoms with E-state index in [2.05, 4.69) is 26.2 Å². The number of rotatable bonds is 4. The predicted octanol–water partition coefficient (Wildman–Crippen LogP) is 3.64. The standard InChI is InChI=1S/C11H16/c1-5-7-8-9-11(4)10(3)6-2/h6-9H,2-3,5H2,1,4H3/b8-7-,11-9+. The third-order valence-corrected chi connectivity index (χ3v) is 1.47. The highest BCUT2D eigenvalue weighted by molar-refractivity contribution is 5.36. The zero-order valence-electron chi connectivity index (χ0n) is 7.43. The molecule has 0 aromatic carbocycles. The Morgan fingerprint density at radius 3 is 2.55 bits per heavy atom. The summed E-state index contributed by atoms with van der Waals surface area (Å²) in [6, 6.07) is 0. The molecule has 0 fully saturated rings. The molecule has 0 heterocycles. The third kappa shape index (κ3) is 4.38. The molecule has 0 rings (SSSR count). The van der Waals surface area contributed by atoms with Gasteiger partial charge in [0, 0.05) is 0 Å². The molecule has 0 N–H and O–H groups in total. The second kappa shape index (κ2) is 5.72. The first kappa shape index (κ1) is 9.96. The maximum absolute atomic E-state index is 3.83. The molecular weight excluding hydrogens is 132 g/mol. The maximum atomic E-state index is 3.83. The number of hydrogen-bond donors (Lipinski definition) is 0. The van der Waals surface area contributed by atoms with Crippen LogP contribution in [-0.2, 0) is 0 Å². The molecular formula is C11H16. The van der Waals surface area contributed by atoms with E-state index in [0.29, 0.717) is 0 Å². The van der Waals surface area contributed by atoms with Gasteiger partial charge in [0.1, 0.15) is 0 Å². The number of hydrogen-bond acceptors (Lipinski definition) is 0. The first-order chi connectivity index (χ1) is 5.22. The van der Waals surface area contributed by atoms with Crippen molar-refractivity contribution in [3.8, 4) is 0 Å². The van der Waals surface area contributed by atoms with Crippen LogP contribution in [-0.4, -0.2) is 0 Å². The summed E-state index contributed by atoms with van der Waals surface area (Å²) in [7, 11) is 0. The van der Waals surface area contributed by atoms with Gasteiger partial charge in [-0.05, 0) is 24.5 Å². The summed E-state index contributed by atoms with van der Waals surface area (Å²) >= 11 is 0. The van der Waals surface area contributed by atoms with E-state index >= 15 is 0 Å². The van der Waals surface area contributed by atoms with Crippen molar-refractivity contribution in [3.63, 3.8) is 0 Å². The second-order valence-corrected chi connectivity index (χ2v) is 2.42. The van der Waals surface area contributed by atoms with Gasteiger partial charge in [0.25, 0.3) is 0 Å². The Labute approximate surface area is 69.6 Å². The van der Waals surface area contributed by atoms with E-state index in [-0.39, 0.29) is 0 Å². The molecule has 11 heavy (non-hydrogen) atoms. The van der Waals surface area contributed by atoms with Crippen molar-refractivity contribution in [1.29, 1.82) is 0 Å². The molecule has 0 unspecified atom stereocenters. The van der Waals surface area contributed by atoms with Crippen molar-refractivity contribution in [2.24, 2.45) is 0 Å². The largest absolute Gasteiger partial charge is 0.0985 e. The van der Waals surface area contributed by atoms with Crippen molar-refractivity contribution in [1.82, 2.24) is 0 Å². The SMILES string of the molecule is C=CC(=C)/C(C)=C/C=C\CC. The average Bonchev–Trinajstić information content (AvgIpc) is 2.03. The fourth-order valence-corrected chi connectivity index (χ4v) is 0.616. The first-order valence-corrected chi connectivity index (χ1v) is 3.87. The lowest BCUT2D eigenvalue weighted by Crippen LogP contribution is -1.75. The van der Waals surface area contributed by atoms with Gasteiger partial charge in [0.05, 0.1) is 0 Å². The quantitative estimate of drug-likeness (QED) is 0.534. The van der Waals surface area contributed by atoms with Crippen LogP contribution in [0.2, 0.25) is 0 Å². The minimum Gasteiger partial charge on any atom is -0.0985 e. The van der Waals surface area contributed by atoms with Crippen LogP contribution < -0.4 is 0 Å². The molecule has 0 aromatic rings. The van der Waals surface area contributed by atoms with Gasteiger partial charge in [-0.15, -0.1) is 0 Å². The molecule has 0 aromatic heterocycles. The van der Waals surface area contributed by atoms with Crippen LogP contribution in [0.5, 0.6) is 0 Å². The molecule has 60 valence electrons. The predicted molar refractivity (Wildman–Crippen MR) is 52.5 cm³/mol. The fraction of sp³-hybridized carbons (Fsp3) is 0.273. The van der Waals surface area contributed by atoms with E-state index in [1.807, 2.05) is 19.1 Å². The van der Waals surface area contributed by atoms with Crippen LogP contribution in [0, 0.1) is 0 Å². The van der Waals surface area contributed by atoms with Crippen LogP contribution >= 0.6 is 0 Å². The van der Waals surface area contributed by atoms with E-state index in [1.54, 1.807) is 6.08 Å². The van der Waals surface area contributed by atoms with Crippen molar-refractivity contribution in [2.75, 3.05) is 0 Å². The van der Waals surface area contributed by atoms with Gasteiger partial charge < -0.3 is 0 Å². The van der Waals surface area contributed by atoms with Gasteiger partial charge in [-0.2, -0.15) is 0 Å². The Morgan fingerprint density at radius 1 is 1.45 bits per heavy atom. The molecule has 0 atom stereocenters. The third-order valence-electron chi connectivity index (χ3n) is 1.47. The van der Waals surface area contributed by atoms with E-state index in [9.17, 15) is 0 Å². The summed E-state index contributed by atoms with van der Waals surface area (Å²) in [6.45, 7) is 11.6. The molecule has 0 aliphatic rings. The lowest BCUT2D eigenvalue weighted by Gasteiger charge is -1.95. The van der Waals surface area contributed by atoms with E-state index in [0.717, 1.165) is 12.0 Å². The Bertz CT molecular complexity index is 192. The Balaban J connectivity index is 4.10. The first-order valence-electron chi connectivity index (χ1n) is 3.87. The lowest BCUT2D eigenvalue weighted by atomic mass is 10.1. The van der Waals surface area contributed by atoms with Gasteiger partial charge in [0.15, 0.2) is 0 Å². The summed E-state index contributed by atoms with van der Waals surface area (Å²) in [6.07, 6.45) is 9.05. The van der Waals surface area contributed by atoms with Crippen LogP contribution in [0.3, 0.4) is 0 Å². The zero-order chi connectivity index (χ0) is 8.69. The van der Waals surface area contributed by atoms with Crippen molar-refractivity contribution in [3.05, 3.63) is 48.6 Å². The normalized spacial score (nSPS) is 12.0. The molecule has 0 bridgehead atoms. The van der Waals surface area contributed by atoms with Crippen LogP contribution in [0.25, 0.3) is 0 Å². The Hall–Kier alpha value is -1.04. The second-order valence-electron chi connectivity index (χ2n) is 2.42. The summed E-state index contributed by atoms with van der Waals surface area (Å²) < 4.78 is 0. The summed E-state index contributed by atoms with van der Waals surface area (Å²) in [5.41, 5.74) is 2.16. The molecule has 0 saturated heterocycles. The van der Waals surface area contributed by atoms with Gasteiger partial charge in [0.2, 0.25) is 0 Å². The van der Waals surface area contributed by atoms with Gasteiger partial charge in [-0.25, -0.2) is 0 Å².